The average Bonchev–Trinajstić information content (AvgIpc) is 2.43. The third-order valence-corrected chi connectivity index (χ3v) is 3.11. The van der Waals surface area contributed by atoms with Gasteiger partial charge >= 0.3 is 0 Å². The van der Waals surface area contributed by atoms with Crippen molar-refractivity contribution in [1.29, 1.82) is 0 Å². The van der Waals surface area contributed by atoms with Crippen LogP contribution in [0, 0.1) is 18.3 Å². The van der Waals surface area contributed by atoms with Crippen molar-refractivity contribution < 1.29 is 0 Å². The molecule has 0 aromatic rings. The quantitative estimate of drug-likeness (QED) is 0.566. The predicted octanol–water partition coefficient (Wildman–Crippen LogP) is 2.11. The Hall–Kier alpha value is -0.520. The summed E-state index contributed by atoms with van der Waals surface area (Å²) in [6.07, 6.45) is 9.90. The highest BCUT2D eigenvalue weighted by atomic mass is 15.2. The van der Waals surface area contributed by atoms with Gasteiger partial charge in [0, 0.05) is 19.0 Å². The second kappa shape index (κ2) is 7.70. The molecule has 1 fully saturated rings. The molecule has 0 aliphatic carbocycles. The van der Waals surface area contributed by atoms with Crippen molar-refractivity contribution in [2.45, 2.75) is 45.6 Å². The second-order valence-electron chi connectivity index (χ2n) is 5.24. The maximum atomic E-state index is 5.29. The smallest absolute Gasteiger partial charge is 0.0197 e. The second-order valence-corrected chi connectivity index (χ2v) is 5.24. The minimum Gasteiger partial charge on any atom is -0.313 e. The third-order valence-electron chi connectivity index (χ3n) is 3.11. The van der Waals surface area contributed by atoms with Crippen LogP contribution in [0.25, 0.3) is 0 Å². The molecule has 1 aliphatic rings. The Balaban J connectivity index is 2.31. The molecule has 1 rings (SSSR count). The molecule has 0 bridgehead atoms. The van der Waals surface area contributed by atoms with Crippen molar-refractivity contribution in [3.05, 3.63) is 0 Å². The largest absolute Gasteiger partial charge is 0.313 e. The van der Waals surface area contributed by atoms with Gasteiger partial charge in [0.25, 0.3) is 0 Å². The van der Waals surface area contributed by atoms with E-state index in [0.29, 0.717) is 6.04 Å². The molecule has 2 nitrogen and oxygen atoms in total. The fourth-order valence-corrected chi connectivity index (χ4v) is 2.41. The van der Waals surface area contributed by atoms with Gasteiger partial charge in [-0.15, -0.1) is 12.3 Å². The zero-order valence-corrected chi connectivity index (χ0v) is 10.8. The van der Waals surface area contributed by atoms with E-state index in [9.17, 15) is 0 Å². The van der Waals surface area contributed by atoms with Crippen LogP contribution in [0.3, 0.4) is 0 Å². The molecule has 1 unspecified atom stereocenters. The fourth-order valence-electron chi connectivity index (χ4n) is 2.41. The lowest BCUT2D eigenvalue weighted by molar-refractivity contribution is 0.253. The predicted molar refractivity (Wildman–Crippen MR) is 70.4 cm³/mol. The Morgan fingerprint density at radius 3 is 3.00 bits per heavy atom. The first-order chi connectivity index (χ1) is 7.72. The number of nitrogens with one attached hydrogen (secondary N) is 1. The molecule has 1 saturated heterocycles. The zero-order valence-electron chi connectivity index (χ0n) is 10.8. The third kappa shape index (κ3) is 5.53. The summed E-state index contributed by atoms with van der Waals surface area (Å²) in [5, 5.41) is 3.65. The maximum Gasteiger partial charge on any atom is 0.0197 e. The lowest BCUT2D eigenvalue weighted by atomic mass is 10.0. The van der Waals surface area contributed by atoms with Crippen molar-refractivity contribution in [2.24, 2.45) is 5.92 Å². The zero-order chi connectivity index (χ0) is 11.8. The summed E-state index contributed by atoms with van der Waals surface area (Å²) in [5.41, 5.74) is 0. The van der Waals surface area contributed by atoms with E-state index in [-0.39, 0.29) is 0 Å². The summed E-state index contributed by atoms with van der Waals surface area (Å²) in [7, 11) is 0. The Morgan fingerprint density at radius 2 is 2.31 bits per heavy atom. The van der Waals surface area contributed by atoms with Crippen LogP contribution in [0.1, 0.15) is 39.5 Å². The summed E-state index contributed by atoms with van der Waals surface area (Å²) in [5.74, 6) is 3.50. The maximum absolute atomic E-state index is 5.29. The molecule has 0 aromatic carbocycles. The molecule has 1 atom stereocenters. The molecule has 16 heavy (non-hydrogen) atoms. The average molecular weight is 222 g/mol. The van der Waals surface area contributed by atoms with Crippen LogP contribution >= 0.6 is 0 Å². The number of unbranched alkanes of at least 4 members (excludes halogenated alkanes) is 1. The molecule has 0 saturated carbocycles. The van der Waals surface area contributed by atoms with Gasteiger partial charge in [0.1, 0.15) is 0 Å². The standard InChI is InChI=1S/C14H26N2/c1-4-5-6-9-16-10-7-8-15-14(12-16)11-13(2)3/h1,13-15H,5-12H2,2-3H3. The Kier molecular flexibility index (Phi) is 6.52. The summed E-state index contributed by atoms with van der Waals surface area (Å²) in [6.45, 7) is 9.36. The van der Waals surface area contributed by atoms with Gasteiger partial charge in [-0.1, -0.05) is 13.8 Å². The van der Waals surface area contributed by atoms with Crippen LogP contribution in [0.5, 0.6) is 0 Å². The number of nitrogens with zero attached hydrogens (tertiary/aromatic N) is 1. The van der Waals surface area contributed by atoms with E-state index in [2.05, 4.69) is 30.0 Å². The van der Waals surface area contributed by atoms with Crippen LogP contribution < -0.4 is 5.32 Å². The molecule has 2 heteroatoms. The normalized spacial score (nSPS) is 23.0. The molecular formula is C14H26N2. The molecule has 0 spiro atoms. The van der Waals surface area contributed by atoms with E-state index in [1.807, 2.05) is 0 Å². The van der Waals surface area contributed by atoms with Gasteiger partial charge in [-0.3, -0.25) is 0 Å². The lowest BCUT2D eigenvalue weighted by Crippen LogP contribution is -2.38. The lowest BCUT2D eigenvalue weighted by Gasteiger charge is -2.25. The first-order valence-corrected chi connectivity index (χ1v) is 6.61. The molecular weight excluding hydrogens is 196 g/mol. The number of terminal acetylenes is 1. The highest BCUT2D eigenvalue weighted by Crippen LogP contribution is 2.10. The van der Waals surface area contributed by atoms with Gasteiger partial charge in [0.05, 0.1) is 0 Å². The van der Waals surface area contributed by atoms with Gasteiger partial charge in [0.2, 0.25) is 0 Å². The summed E-state index contributed by atoms with van der Waals surface area (Å²) in [6, 6.07) is 0.674. The Morgan fingerprint density at radius 1 is 1.50 bits per heavy atom. The topological polar surface area (TPSA) is 15.3 Å². The first-order valence-electron chi connectivity index (χ1n) is 6.61. The Labute approximate surface area is 101 Å². The molecule has 1 N–H and O–H groups in total. The molecule has 0 amide bonds. The van der Waals surface area contributed by atoms with E-state index in [4.69, 9.17) is 6.42 Å². The van der Waals surface area contributed by atoms with E-state index < -0.39 is 0 Å². The van der Waals surface area contributed by atoms with E-state index in [0.717, 1.165) is 18.8 Å². The van der Waals surface area contributed by atoms with Gasteiger partial charge < -0.3 is 10.2 Å². The van der Waals surface area contributed by atoms with E-state index >= 15 is 0 Å². The van der Waals surface area contributed by atoms with Crippen molar-refractivity contribution in [2.75, 3.05) is 26.2 Å². The Bertz CT molecular complexity index is 217. The van der Waals surface area contributed by atoms with Crippen LogP contribution in [-0.2, 0) is 0 Å². The first kappa shape index (κ1) is 13.5. The molecule has 0 aromatic heterocycles. The van der Waals surface area contributed by atoms with E-state index in [1.165, 1.54) is 39.0 Å². The number of hydrogen-bond acceptors (Lipinski definition) is 2. The van der Waals surface area contributed by atoms with Crippen LogP contribution in [0.2, 0.25) is 0 Å². The summed E-state index contributed by atoms with van der Waals surface area (Å²) in [4.78, 5) is 2.57. The van der Waals surface area contributed by atoms with E-state index in [1.54, 1.807) is 0 Å². The van der Waals surface area contributed by atoms with Crippen LogP contribution in [-0.4, -0.2) is 37.1 Å². The monoisotopic (exact) mass is 222 g/mol. The number of rotatable bonds is 5. The highest BCUT2D eigenvalue weighted by molar-refractivity contribution is 4.84. The van der Waals surface area contributed by atoms with Gasteiger partial charge in [-0.05, 0) is 44.8 Å². The van der Waals surface area contributed by atoms with Gasteiger partial charge in [-0.2, -0.15) is 0 Å². The van der Waals surface area contributed by atoms with Crippen molar-refractivity contribution in [1.82, 2.24) is 10.2 Å². The molecule has 1 heterocycles. The van der Waals surface area contributed by atoms with Gasteiger partial charge in [-0.25, -0.2) is 0 Å². The molecule has 0 radical (unpaired) electrons. The van der Waals surface area contributed by atoms with Gasteiger partial charge in [0.15, 0.2) is 0 Å². The minimum absolute atomic E-state index is 0.674. The fraction of sp³-hybridized carbons (Fsp3) is 0.857. The summed E-state index contributed by atoms with van der Waals surface area (Å²) >= 11 is 0. The van der Waals surface area contributed by atoms with Crippen molar-refractivity contribution >= 4 is 0 Å². The molecule has 92 valence electrons. The number of hydrogen-bond donors (Lipinski definition) is 1. The van der Waals surface area contributed by atoms with Crippen LogP contribution in [0.15, 0.2) is 0 Å². The van der Waals surface area contributed by atoms with Crippen LogP contribution in [0.4, 0.5) is 0 Å². The SMILES string of the molecule is C#CCCCN1CCCNC(CC(C)C)C1. The summed E-state index contributed by atoms with van der Waals surface area (Å²) < 4.78 is 0. The van der Waals surface area contributed by atoms with Crippen molar-refractivity contribution in [3.63, 3.8) is 0 Å². The minimum atomic E-state index is 0.674. The van der Waals surface area contributed by atoms with Crippen molar-refractivity contribution in [3.8, 4) is 12.3 Å². The highest BCUT2D eigenvalue weighted by Gasteiger charge is 2.17. The molecule has 1 aliphatic heterocycles.